The molecular weight excluding hydrogens is 609 g/mol. The van der Waals surface area contributed by atoms with E-state index >= 15 is 0 Å². The first-order chi connectivity index (χ1) is 24.8. The number of fused-ring (bicyclic) bond motifs is 5. The van der Waals surface area contributed by atoms with Crippen LogP contribution in [0.5, 0.6) is 0 Å². The lowest BCUT2D eigenvalue weighted by Crippen LogP contribution is -2.22. The van der Waals surface area contributed by atoms with Gasteiger partial charge < -0.3 is 0 Å². The topological polar surface area (TPSA) is 26.9 Å². The second kappa shape index (κ2) is 11.2. The SMILES string of the molecule is O=c1n(-c2ccccc2)c2ccccc2n1-c1ccc(-c2c3ccccc3c(-c3c4ccccc4cc4ccccc34)c3ccccc23)cc1. The maximum Gasteiger partial charge on any atom is 0.338 e. The first kappa shape index (κ1) is 28.3. The molecule has 0 fully saturated rings. The maximum atomic E-state index is 14.1. The molecule has 0 unspecified atom stereocenters. The van der Waals surface area contributed by atoms with E-state index in [2.05, 4.69) is 127 Å². The summed E-state index contributed by atoms with van der Waals surface area (Å²) in [7, 11) is 0. The summed E-state index contributed by atoms with van der Waals surface area (Å²) in [5.74, 6) is 0. The Morgan fingerprint density at radius 1 is 0.320 bits per heavy atom. The Morgan fingerprint density at radius 3 is 1.22 bits per heavy atom. The van der Waals surface area contributed by atoms with Crippen LogP contribution >= 0.6 is 0 Å². The summed E-state index contributed by atoms with van der Waals surface area (Å²) in [4.78, 5) is 14.1. The highest BCUT2D eigenvalue weighted by molar-refractivity contribution is 6.27. The Kier molecular flexibility index (Phi) is 6.33. The first-order valence-electron chi connectivity index (χ1n) is 17.0. The monoisotopic (exact) mass is 638 g/mol. The molecule has 1 aromatic heterocycles. The van der Waals surface area contributed by atoms with Crippen molar-refractivity contribution < 1.29 is 0 Å². The van der Waals surface area contributed by atoms with E-state index in [9.17, 15) is 4.79 Å². The largest absolute Gasteiger partial charge is 0.338 e. The number of aromatic nitrogens is 2. The normalized spacial score (nSPS) is 11.7. The van der Waals surface area contributed by atoms with Crippen molar-refractivity contribution in [1.82, 2.24) is 9.13 Å². The van der Waals surface area contributed by atoms with E-state index in [0.29, 0.717) is 0 Å². The van der Waals surface area contributed by atoms with E-state index in [1.54, 1.807) is 4.57 Å². The third kappa shape index (κ3) is 4.20. The van der Waals surface area contributed by atoms with Crippen molar-refractivity contribution in [2.75, 3.05) is 0 Å². The second-order valence-electron chi connectivity index (χ2n) is 12.9. The fourth-order valence-electron chi connectivity index (χ4n) is 7.99. The van der Waals surface area contributed by atoms with Gasteiger partial charge in [-0.2, -0.15) is 0 Å². The molecule has 9 aromatic carbocycles. The fourth-order valence-corrected chi connectivity index (χ4v) is 7.99. The van der Waals surface area contributed by atoms with E-state index in [1.165, 1.54) is 59.8 Å². The third-order valence-electron chi connectivity index (χ3n) is 10.1. The molecule has 3 nitrogen and oxygen atoms in total. The molecule has 1 heterocycles. The molecule has 0 saturated carbocycles. The summed E-state index contributed by atoms with van der Waals surface area (Å²) in [6.07, 6.45) is 0. The zero-order valence-corrected chi connectivity index (χ0v) is 27.1. The van der Waals surface area contributed by atoms with Gasteiger partial charge in [-0.25, -0.2) is 4.79 Å². The molecule has 50 heavy (non-hydrogen) atoms. The lowest BCUT2D eigenvalue weighted by Gasteiger charge is -2.20. The molecule has 0 atom stereocenters. The molecule has 234 valence electrons. The van der Waals surface area contributed by atoms with Crippen molar-refractivity contribution in [3.8, 4) is 33.6 Å². The standard InChI is InChI=1S/C47H30N2O/c50-47-48(34-16-2-1-3-17-34)42-24-12-13-25-43(42)49(47)35-28-26-31(27-29-35)44-38-20-8-10-22-40(38)46(41-23-11-9-21-39(41)44)45-36-18-6-4-14-32(36)30-33-15-5-7-19-37(33)45/h1-30H. The summed E-state index contributed by atoms with van der Waals surface area (Å²) < 4.78 is 3.61. The molecule has 0 aliphatic heterocycles. The predicted molar refractivity (Wildman–Crippen MR) is 210 cm³/mol. The minimum atomic E-state index is -0.0901. The molecule has 0 aliphatic rings. The zero-order valence-electron chi connectivity index (χ0n) is 27.1. The molecule has 0 saturated heterocycles. The highest BCUT2D eigenvalue weighted by Crippen LogP contribution is 2.47. The van der Waals surface area contributed by atoms with Gasteiger partial charge in [-0.05, 0) is 108 Å². The number of nitrogens with zero attached hydrogens (tertiary/aromatic N) is 2. The Bertz CT molecular complexity index is 2880. The quantitative estimate of drug-likeness (QED) is 0.176. The average Bonchev–Trinajstić information content (AvgIpc) is 3.48. The van der Waals surface area contributed by atoms with Crippen molar-refractivity contribution in [1.29, 1.82) is 0 Å². The highest BCUT2D eigenvalue weighted by Gasteiger charge is 2.21. The number of hydrogen-bond acceptors (Lipinski definition) is 1. The Labute approximate surface area is 288 Å². The molecule has 0 radical (unpaired) electrons. The van der Waals surface area contributed by atoms with Gasteiger partial charge in [0, 0.05) is 0 Å². The number of para-hydroxylation sites is 3. The average molecular weight is 639 g/mol. The van der Waals surface area contributed by atoms with E-state index < -0.39 is 0 Å². The van der Waals surface area contributed by atoms with Crippen molar-refractivity contribution in [3.63, 3.8) is 0 Å². The summed E-state index contributed by atoms with van der Waals surface area (Å²) in [6.45, 7) is 0. The van der Waals surface area contributed by atoms with Crippen molar-refractivity contribution in [3.05, 3.63) is 192 Å². The molecule has 0 spiro atoms. The number of imidazole rings is 1. The van der Waals surface area contributed by atoms with Gasteiger partial charge in [-0.3, -0.25) is 9.13 Å². The van der Waals surface area contributed by atoms with Gasteiger partial charge >= 0.3 is 5.69 Å². The van der Waals surface area contributed by atoms with Crippen molar-refractivity contribution in [2.45, 2.75) is 0 Å². The summed E-state index contributed by atoms with van der Waals surface area (Å²) >= 11 is 0. The van der Waals surface area contributed by atoms with Crippen LogP contribution in [0, 0.1) is 0 Å². The summed E-state index contributed by atoms with van der Waals surface area (Å²) in [5.41, 5.74) is 8.15. The van der Waals surface area contributed by atoms with E-state index in [1.807, 2.05) is 59.2 Å². The van der Waals surface area contributed by atoms with Gasteiger partial charge in [0.15, 0.2) is 0 Å². The number of rotatable bonds is 4. The van der Waals surface area contributed by atoms with Crippen LogP contribution in [0.3, 0.4) is 0 Å². The van der Waals surface area contributed by atoms with Crippen LogP contribution in [0.4, 0.5) is 0 Å². The van der Waals surface area contributed by atoms with Crippen LogP contribution in [0.15, 0.2) is 187 Å². The minimum absolute atomic E-state index is 0.0901. The van der Waals surface area contributed by atoms with Gasteiger partial charge in [0.25, 0.3) is 0 Å². The number of hydrogen-bond donors (Lipinski definition) is 0. The molecule has 0 aliphatic carbocycles. The fraction of sp³-hybridized carbons (Fsp3) is 0. The second-order valence-corrected chi connectivity index (χ2v) is 12.9. The third-order valence-corrected chi connectivity index (χ3v) is 10.1. The number of benzene rings is 9. The summed E-state index contributed by atoms with van der Waals surface area (Å²) in [5, 5.41) is 9.80. The van der Waals surface area contributed by atoms with Crippen molar-refractivity contribution >= 4 is 54.1 Å². The first-order valence-corrected chi connectivity index (χ1v) is 17.0. The molecule has 0 bridgehead atoms. The molecule has 0 N–H and O–H groups in total. The lowest BCUT2D eigenvalue weighted by molar-refractivity contribution is 0.931. The van der Waals surface area contributed by atoms with Crippen LogP contribution in [0.1, 0.15) is 0 Å². The van der Waals surface area contributed by atoms with Crippen molar-refractivity contribution in [2.24, 2.45) is 0 Å². The van der Waals surface area contributed by atoms with Crippen LogP contribution in [-0.2, 0) is 0 Å². The molecule has 3 heteroatoms. The van der Waals surface area contributed by atoms with Crippen LogP contribution in [0.2, 0.25) is 0 Å². The highest BCUT2D eigenvalue weighted by atomic mass is 16.1. The van der Waals surface area contributed by atoms with Crippen LogP contribution in [0.25, 0.3) is 87.8 Å². The Morgan fingerprint density at radius 2 is 0.700 bits per heavy atom. The predicted octanol–water partition coefficient (Wildman–Crippen LogP) is 11.7. The van der Waals surface area contributed by atoms with Crippen LogP contribution in [-0.4, -0.2) is 9.13 Å². The molecule has 10 rings (SSSR count). The molecular formula is C47H30N2O. The van der Waals surface area contributed by atoms with Gasteiger partial charge in [-0.1, -0.05) is 140 Å². The van der Waals surface area contributed by atoms with Crippen LogP contribution < -0.4 is 5.69 Å². The van der Waals surface area contributed by atoms with Gasteiger partial charge in [0.1, 0.15) is 0 Å². The summed E-state index contributed by atoms with van der Waals surface area (Å²) in [6, 6.07) is 63.7. The van der Waals surface area contributed by atoms with Gasteiger partial charge in [0.05, 0.1) is 22.4 Å². The Balaban J connectivity index is 1.22. The smallest absolute Gasteiger partial charge is 0.260 e. The van der Waals surface area contributed by atoms with Gasteiger partial charge in [-0.15, -0.1) is 0 Å². The zero-order chi connectivity index (χ0) is 33.2. The molecule has 0 amide bonds. The lowest BCUT2D eigenvalue weighted by atomic mass is 9.83. The van der Waals surface area contributed by atoms with Gasteiger partial charge in [0.2, 0.25) is 0 Å². The Hall–Kier alpha value is -6.71. The maximum absolute atomic E-state index is 14.1. The van der Waals surface area contributed by atoms with E-state index in [0.717, 1.165) is 28.0 Å². The van der Waals surface area contributed by atoms with E-state index in [4.69, 9.17) is 0 Å². The minimum Gasteiger partial charge on any atom is -0.260 e. The van der Waals surface area contributed by atoms with E-state index in [-0.39, 0.29) is 5.69 Å². The molecule has 10 aromatic rings.